The van der Waals surface area contributed by atoms with Crippen LogP contribution in [0.15, 0.2) is 34.9 Å². The number of nitrogens with zero attached hydrogens (tertiary/aromatic N) is 2. The molecule has 1 aromatic heterocycles. The largest absolute Gasteiger partial charge is 0.361 e. The molecule has 2 aromatic rings. The Balaban J connectivity index is 1.63. The lowest BCUT2D eigenvalue weighted by Crippen LogP contribution is -2.37. The van der Waals surface area contributed by atoms with Crippen molar-refractivity contribution in [1.29, 1.82) is 0 Å². The molecule has 1 aromatic carbocycles. The van der Waals surface area contributed by atoms with Gasteiger partial charge in [0.1, 0.15) is 11.6 Å². The highest BCUT2D eigenvalue weighted by Gasteiger charge is 2.24. The number of benzene rings is 1. The normalized spacial score (nSPS) is 16.2. The van der Waals surface area contributed by atoms with E-state index in [1.807, 2.05) is 0 Å². The minimum Gasteiger partial charge on any atom is -0.361 e. The number of rotatable bonds is 6. The topological polar surface area (TPSA) is 58.4 Å². The molecule has 1 aliphatic heterocycles. The number of aryl methyl sites for hydroxylation is 1. The molecular formula is C18H22FN3O2. The van der Waals surface area contributed by atoms with Gasteiger partial charge in [0, 0.05) is 12.6 Å². The van der Waals surface area contributed by atoms with Crippen molar-refractivity contribution >= 4 is 5.91 Å². The summed E-state index contributed by atoms with van der Waals surface area (Å²) in [5.74, 6) is 0.359. The van der Waals surface area contributed by atoms with Crippen molar-refractivity contribution in [3.8, 4) is 0 Å². The summed E-state index contributed by atoms with van der Waals surface area (Å²) in [6.45, 7) is 4.30. The number of nitrogens with one attached hydrogen (secondary N) is 1. The molecule has 24 heavy (non-hydrogen) atoms. The average molecular weight is 331 g/mol. The van der Waals surface area contributed by atoms with Crippen molar-refractivity contribution in [1.82, 2.24) is 15.4 Å². The fraction of sp³-hybridized carbons (Fsp3) is 0.444. The second-order valence-electron chi connectivity index (χ2n) is 6.22. The van der Waals surface area contributed by atoms with E-state index in [4.69, 9.17) is 4.52 Å². The lowest BCUT2D eigenvalue weighted by molar-refractivity contribution is -0.120. The minimum absolute atomic E-state index is 0.0658. The number of halogens is 1. The third kappa shape index (κ3) is 4.20. The maximum Gasteiger partial charge on any atom is 0.226 e. The minimum atomic E-state index is -0.246. The third-order valence-electron chi connectivity index (χ3n) is 4.35. The van der Waals surface area contributed by atoms with Gasteiger partial charge in [-0.05, 0) is 50.6 Å². The van der Waals surface area contributed by atoms with E-state index in [-0.39, 0.29) is 24.2 Å². The Kier molecular flexibility index (Phi) is 5.25. The van der Waals surface area contributed by atoms with E-state index >= 15 is 0 Å². The van der Waals surface area contributed by atoms with Gasteiger partial charge >= 0.3 is 0 Å². The van der Waals surface area contributed by atoms with E-state index in [0.29, 0.717) is 18.0 Å². The summed E-state index contributed by atoms with van der Waals surface area (Å²) >= 11 is 0. The summed E-state index contributed by atoms with van der Waals surface area (Å²) < 4.78 is 18.2. The van der Waals surface area contributed by atoms with E-state index < -0.39 is 0 Å². The van der Waals surface area contributed by atoms with Crippen molar-refractivity contribution in [3.63, 3.8) is 0 Å². The summed E-state index contributed by atoms with van der Waals surface area (Å²) in [5, 5.41) is 6.81. The molecule has 0 saturated carbocycles. The maximum atomic E-state index is 13.2. The molecule has 1 aliphatic rings. The number of aromatic nitrogens is 1. The van der Waals surface area contributed by atoms with Crippen LogP contribution in [0.1, 0.15) is 35.9 Å². The predicted octanol–water partition coefficient (Wildman–Crippen LogP) is 2.62. The molecule has 5 nitrogen and oxygen atoms in total. The highest BCUT2D eigenvalue weighted by atomic mass is 19.1. The van der Waals surface area contributed by atoms with E-state index in [0.717, 1.165) is 31.5 Å². The van der Waals surface area contributed by atoms with Gasteiger partial charge in [-0.1, -0.05) is 17.3 Å². The van der Waals surface area contributed by atoms with Crippen LogP contribution in [-0.4, -0.2) is 35.6 Å². The fourth-order valence-corrected chi connectivity index (χ4v) is 3.13. The average Bonchev–Trinajstić information content (AvgIpc) is 3.21. The van der Waals surface area contributed by atoms with Crippen LogP contribution in [0.5, 0.6) is 0 Å². The van der Waals surface area contributed by atoms with Gasteiger partial charge in [-0.15, -0.1) is 0 Å². The number of hydrogen-bond acceptors (Lipinski definition) is 4. The number of likely N-dealkylation sites (tertiary alicyclic amines) is 1. The highest BCUT2D eigenvalue weighted by molar-refractivity contribution is 5.78. The van der Waals surface area contributed by atoms with Gasteiger partial charge in [0.25, 0.3) is 0 Å². The van der Waals surface area contributed by atoms with Crippen molar-refractivity contribution in [2.24, 2.45) is 0 Å². The Bertz CT molecular complexity index is 678. The second-order valence-corrected chi connectivity index (χ2v) is 6.22. The number of carbonyl (C=O) groups excluding carboxylic acids is 1. The van der Waals surface area contributed by atoms with Gasteiger partial charge in [0.15, 0.2) is 0 Å². The zero-order chi connectivity index (χ0) is 16.9. The molecule has 0 radical (unpaired) electrons. The molecule has 2 heterocycles. The molecule has 6 heteroatoms. The van der Waals surface area contributed by atoms with Gasteiger partial charge in [0.05, 0.1) is 18.2 Å². The van der Waals surface area contributed by atoms with Crippen LogP contribution in [0.4, 0.5) is 4.39 Å². The Morgan fingerprint density at radius 3 is 2.67 bits per heavy atom. The van der Waals surface area contributed by atoms with Crippen LogP contribution < -0.4 is 5.32 Å². The SMILES string of the molecule is Cc1cc(CC(=O)NCC(c2ccc(F)cc2)N2CCCC2)no1. The smallest absolute Gasteiger partial charge is 0.226 e. The quantitative estimate of drug-likeness (QED) is 0.884. The van der Waals surface area contributed by atoms with Crippen molar-refractivity contribution in [2.75, 3.05) is 19.6 Å². The second kappa shape index (κ2) is 7.57. The van der Waals surface area contributed by atoms with Gasteiger partial charge in [-0.3, -0.25) is 9.69 Å². The molecule has 1 N–H and O–H groups in total. The molecule has 1 unspecified atom stereocenters. The van der Waals surface area contributed by atoms with Crippen LogP contribution in [0.3, 0.4) is 0 Å². The number of carbonyl (C=O) groups is 1. The third-order valence-corrected chi connectivity index (χ3v) is 4.35. The van der Waals surface area contributed by atoms with Crippen molar-refractivity contribution in [3.05, 3.63) is 53.2 Å². The van der Waals surface area contributed by atoms with Crippen LogP contribution >= 0.6 is 0 Å². The first-order chi connectivity index (χ1) is 11.6. The summed E-state index contributed by atoms with van der Waals surface area (Å²) in [7, 11) is 0. The molecule has 0 bridgehead atoms. The Labute approximate surface area is 140 Å². The standard InChI is InChI=1S/C18H22FN3O2/c1-13-10-16(21-24-13)11-18(23)20-12-17(22-8-2-3-9-22)14-4-6-15(19)7-5-14/h4-7,10,17H,2-3,8-9,11-12H2,1H3,(H,20,23). The van der Waals surface area contributed by atoms with Gasteiger partial charge in [-0.2, -0.15) is 0 Å². The summed E-state index contributed by atoms with van der Waals surface area (Å²) in [6, 6.07) is 8.36. The van der Waals surface area contributed by atoms with Gasteiger partial charge in [-0.25, -0.2) is 4.39 Å². The summed E-state index contributed by atoms with van der Waals surface area (Å²) in [4.78, 5) is 14.5. The van der Waals surface area contributed by atoms with Crippen LogP contribution in [-0.2, 0) is 11.2 Å². The van der Waals surface area contributed by atoms with Crippen LogP contribution in [0, 0.1) is 12.7 Å². The number of hydrogen-bond donors (Lipinski definition) is 1. The van der Waals surface area contributed by atoms with E-state index in [9.17, 15) is 9.18 Å². The molecule has 1 amide bonds. The Morgan fingerprint density at radius 2 is 2.04 bits per heavy atom. The molecule has 1 fully saturated rings. The Morgan fingerprint density at radius 1 is 1.33 bits per heavy atom. The summed E-state index contributed by atoms with van der Waals surface area (Å²) in [6.07, 6.45) is 2.52. The fourth-order valence-electron chi connectivity index (χ4n) is 3.13. The van der Waals surface area contributed by atoms with Crippen molar-refractivity contribution < 1.29 is 13.7 Å². The molecule has 128 valence electrons. The van der Waals surface area contributed by atoms with Crippen LogP contribution in [0.2, 0.25) is 0 Å². The van der Waals surface area contributed by atoms with E-state index in [2.05, 4.69) is 15.4 Å². The molecule has 1 atom stereocenters. The van der Waals surface area contributed by atoms with Gasteiger partial charge in [0.2, 0.25) is 5.91 Å². The molecule has 1 saturated heterocycles. The van der Waals surface area contributed by atoms with Crippen LogP contribution in [0.25, 0.3) is 0 Å². The first-order valence-electron chi connectivity index (χ1n) is 8.30. The van der Waals surface area contributed by atoms with Gasteiger partial charge < -0.3 is 9.84 Å². The van der Waals surface area contributed by atoms with Crippen molar-refractivity contribution in [2.45, 2.75) is 32.2 Å². The monoisotopic (exact) mass is 331 g/mol. The molecule has 0 spiro atoms. The zero-order valence-corrected chi connectivity index (χ0v) is 13.8. The highest BCUT2D eigenvalue weighted by Crippen LogP contribution is 2.24. The lowest BCUT2D eigenvalue weighted by atomic mass is 10.1. The maximum absolute atomic E-state index is 13.2. The first kappa shape index (κ1) is 16.6. The first-order valence-corrected chi connectivity index (χ1v) is 8.30. The summed E-state index contributed by atoms with van der Waals surface area (Å²) in [5.41, 5.74) is 1.65. The molecule has 0 aliphatic carbocycles. The molecular weight excluding hydrogens is 309 g/mol. The van der Waals surface area contributed by atoms with E-state index in [1.165, 1.54) is 12.1 Å². The zero-order valence-electron chi connectivity index (χ0n) is 13.8. The predicted molar refractivity (Wildman–Crippen MR) is 87.9 cm³/mol. The van der Waals surface area contributed by atoms with E-state index in [1.54, 1.807) is 25.1 Å². The lowest BCUT2D eigenvalue weighted by Gasteiger charge is -2.28. The Hall–Kier alpha value is -2.21. The number of amides is 1. The molecule has 3 rings (SSSR count).